The molecule has 0 spiro atoms. The van der Waals surface area contributed by atoms with Crippen LogP contribution in [0.25, 0.3) is 0 Å². The number of thiophene rings is 1. The summed E-state index contributed by atoms with van der Waals surface area (Å²) < 4.78 is 5.25. The van der Waals surface area contributed by atoms with Gasteiger partial charge in [-0.05, 0) is 37.6 Å². The van der Waals surface area contributed by atoms with Gasteiger partial charge in [0.15, 0.2) is 0 Å². The first kappa shape index (κ1) is 17.8. The van der Waals surface area contributed by atoms with E-state index in [-0.39, 0.29) is 0 Å². The number of aliphatic imine (C=N–C) groups is 1. The number of hydrogen-bond donors (Lipinski definition) is 2. The van der Waals surface area contributed by atoms with Gasteiger partial charge in [-0.3, -0.25) is 0 Å². The van der Waals surface area contributed by atoms with Crippen LogP contribution in [-0.4, -0.2) is 50.1 Å². The second-order valence-corrected chi connectivity index (χ2v) is 8.39. The molecule has 0 bridgehead atoms. The minimum atomic E-state index is 0.412. The fraction of sp³-hybridized carbons (Fsp3) is 0.421. The molecule has 4 rings (SSSR count). The standard InChI is InChI=1S/C19H23ClN4OS/c1-12-9-15-18(24-7-6-21-14(11-24)5-8-25-2)22-16-4-3-13(20)10-17(16)23-19(15)26-12/h3-4,9-10,14,21,23H,5-8,11H2,1-2H3. The molecule has 1 unspecified atom stereocenters. The first-order chi connectivity index (χ1) is 12.6. The monoisotopic (exact) mass is 390 g/mol. The second kappa shape index (κ2) is 7.56. The fourth-order valence-corrected chi connectivity index (χ4v) is 4.58. The number of benzene rings is 1. The molecule has 2 aromatic rings. The summed E-state index contributed by atoms with van der Waals surface area (Å²) in [6.45, 7) is 5.73. The van der Waals surface area contributed by atoms with Crippen molar-refractivity contribution in [2.75, 3.05) is 38.7 Å². The van der Waals surface area contributed by atoms with Gasteiger partial charge in [-0.25, -0.2) is 4.99 Å². The van der Waals surface area contributed by atoms with Gasteiger partial charge in [-0.2, -0.15) is 0 Å². The molecule has 3 heterocycles. The number of hydrogen-bond acceptors (Lipinski definition) is 6. The molecule has 0 aliphatic carbocycles. The summed E-state index contributed by atoms with van der Waals surface area (Å²) in [4.78, 5) is 8.71. The Kier molecular flexibility index (Phi) is 5.18. The van der Waals surface area contributed by atoms with E-state index in [1.165, 1.54) is 10.4 Å². The van der Waals surface area contributed by atoms with E-state index in [0.29, 0.717) is 11.1 Å². The number of nitrogens with zero attached hydrogens (tertiary/aromatic N) is 2. The average Bonchev–Trinajstić information content (AvgIpc) is 2.92. The smallest absolute Gasteiger partial charge is 0.139 e. The Hall–Kier alpha value is -1.60. The normalized spacial score (nSPS) is 19.3. The summed E-state index contributed by atoms with van der Waals surface area (Å²) in [5, 5.41) is 8.97. The lowest BCUT2D eigenvalue weighted by atomic mass is 10.1. The summed E-state index contributed by atoms with van der Waals surface area (Å²) in [6, 6.07) is 8.47. The summed E-state index contributed by atoms with van der Waals surface area (Å²) in [7, 11) is 1.75. The lowest BCUT2D eigenvalue weighted by Crippen LogP contribution is -2.53. The van der Waals surface area contributed by atoms with Crippen LogP contribution in [-0.2, 0) is 4.74 Å². The van der Waals surface area contributed by atoms with E-state index in [9.17, 15) is 0 Å². The second-order valence-electron chi connectivity index (χ2n) is 6.70. The largest absolute Gasteiger partial charge is 0.385 e. The number of halogens is 1. The molecule has 5 nitrogen and oxygen atoms in total. The molecule has 26 heavy (non-hydrogen) atoms. The summed E-state index contributed by atoms with van der Waals surface area (Å²) in [5.74, 6) is 1.04. The lowest BCUT2D eigenvalue weighted by Gasteiger charge is -2.35. The summed E-state index contributed by atoms with van der Waals surface area (Å²) in [6.07, 6.45) is 1.00. The van der Waals surface area contributed by atoms with Crippen molar-refractivity contribution < 1.29 is 4.74 Å². The molecule has 1 aromatic carbocycles. The molecule has 2 N–H and O–H groups in total. The van der Waals surface area contributed by atoms with Crippen molar-refractivity contribution in [3.05, 3.63) is 39.7 Å². The van der Waals surface area contributed by atoms with E-state index in [1.54, 1.807) is 18.4 Å². The number of anilines is 2. The Morgan fingerprint density at radius 2 is 2.27 bits per heavy atom. The van der Waals surface area contributed by atoms with Crippen LogP contribution in [0.15, 0.2) is 29.3 Å². The van der Waals surface area contributed by atoms with Gasteiger partial charge in [0.05, 0.1) is 16.9 Å². The van der Waals surface area contributed by atoms with Crippen LogP contribution >= 0.6 is 22.9 Å². The maximum Gasteiger partial charge on any atom is 0.139 e. The average molecular weight is 391 g/mol. The Morgan fingerprint density at radius 1 is 1.38 bits per heavy atom. The molecule has 0 radical (unpaired) electrons. The van der Waals surface area contributed by atoms with Crippen LogP contribution in [0.5, 0.6) is 0 Å². The van der Waals surface area contributed by atoms with E-state index in [0.717, 1.165) is 54.9 Å². The van der Waals surface area contributed by atoms with Crippen LogP contribution in [0.3, 0.4) is 0 Å². The van der Waals surface area contributed by atoms with Crippen LogP contribution in [0.4, 0.5) is 16.4 Å². The number of piperazine rings is 1. The molecular weight excluding hydrogens is 368 g/mol. The van der Waals surface area contributed by atoms with Crippen molar-refractivity contribution in [2.24, 2.45) is 4.99 Å². The van der Waals surface area contributed by atoms with E-state index in [2.05, 4.69) is 28.5 Å². The SMILES string of the molecule is COCCC1CN(C2=Nc3ccc(Cl)cc3Nc3sc(C)cc32)CCN1. The Labute approximate surface area is 163 Å². The third-order valence-corrected chi connectivity index (χ3v) is 5.96. The molecular formula is C19H23ClN4OS. The molecule has 7 heteroatoms. The van der Waals surface area contributed by atoms with Gasteiger partial charge in [-0.15, -0.1) is 11.3 Å². The maximum atomic E-state index is 6.20. The van der Waals surface area contributed by atoms with Crippen LogP contribution in [0.2, 0.25) is 5.02 Å². The van der Waals surface area contributed by atoms with Gasteiger partial charge in [0, 0.05) is 49.3 Å². The Morgan fingerprint density at radius 3 is 3.12 bits per heavy atom. The Balaban J connectivity index is 1.71. The molecule has 2 aliphatic rings. The van der Waals surface area contributed by atoms with Gasteiger partial charge >= 0.3 is 0 Å². The van der Waals surface area contributed by atoms with Crippen molar-refractivity contribution in [1.29, 1.82) is 0 Å². The van der Waals surface area contributed by atoms with Crippen molar-refractivity contribution in [1.82, 2.24) is 10.2 Å². The molecule has 1 fully saturated rings. The topological polar surface area (TPSA) is 48.9 Å². The Bertz CT molecular complexity index is 835. The molecule has 0 saturated carbocycles. The highest BCUT2D eigenvalue weighted by Gasteiger charge is 2.27. The third-order valence-electron chi connectivity index (χ3n) is 4.75. The third kappa shape index (κ3) is 3.60. The number of ether oxygens (including phenoxy) is 1. The number of aryl methyl sites for hydroxylation is 1. The zero-order chi connectivity index (χ0) is 18.1. The van der Waals surface area contributed by atoms with Crippen molar-refractivity contribution >= 4 is 45.1 Å². The minimum absolute atomic E-state index is 0.412. The zero-order valence-electron chi connectivity index (χ0n) is 15.0. The number of nitrogens with one attached hydrogen (secondary N) is 2. The molecule has 138 valence electrons. The van der Waals surface area contributed by atoms with E-state index in [1.807, 2.05) is 18.2 Å². The van der Waals surface area contributed by atoms with Crippen molar-refractivity contribution in [3.8, 4) is 0 Å². The fourth-order valence-electron chi connectivity index (χ4n) is 3.49. The van der Waals surface area contributed by atoms with Crippen LogP contribution in [0, 0.1) is 6.92 Å². The van der Waals surface area contributed by atoms with E-state index < -0.39 is 0 Å². The van der Waals surface area contributed by atoms with Gasteiger partial charge in [0.2, 0.25) is 0 Å². The van der Waals surface area contributed by atoms with Crippen molar-refractivity contribution in [3.63, 3.8) is 0 Å². The molecule has 0 amide bonds. The van der Waals surface area contributed by atoms with E-state index >= 15 is 0 Å². The lowest BCUT2D eigenvalue weighted by molar-refractivity contribution is 0.168. The first-order valence-corrected chi connectivity index (χ1v) is 10.1. The zero-order valence-corrected chi connectivity index (χ0v) is 16.6. The first-order valence-electron chi connectivity index (χ1n) is 8.87. The summed E-state index contributed by atoms with van der Waals surface area (Å²) >= 11 is 7.96. The summed E-state index contributed by atoms with van der Waals surface area (Å²) in [5.41, 5.74) is 3.06. The predicted octanol–water partition coefficient (Wildman–Crippen LogP) is 4.16. The highest BCUT2D eigenvalue weighted by molar-refractivity contribution is 7.16. The number of methoxy groups -OCH3 is 1. The van der Waals surface area contributed by atoms with E-state index in [4.69, 9.17) is 21.3 Å². The maximum absolute atomic E-state index is 6.20. The predicted molar refractivity (Wildman–Crippen MR) is 110 cm³/mol. The molecule has 1 atom stereocenters. The molecule has 1 saturated heterocycles. The van der Waals surface area contributed by atoms with Crippen molar-refractivity contribution in [2.45, 2.75) is 19.4 Å². The molecule has 1 aromatic heterocycles. The number of amidine groups is 1. The molecule has 2 aliphatic heterocycles. The van der Waals surface area contributed by atoms with Gasteiger partial charge < -0.3 is 20.3 Å². The van der Waals surface area contributed by atoms with Crippen LogP contribution < -0.4 is 10.6 Å². The quantitative estimate of drug-likeness (QED) is 0.826. The number of fused-ring (bicyclic) bond motifs is 2. The highest BCUT2D eigenvalue weighted by atomic mass is 35.5. The number of rotatable bonds is 3. The minimum Gasteiger partial charge on any atom is -0.385 e. The van der Waals surface area contributed by atoms with Gasteiger partial charge in [0.1, 0.15) is 10.8 Å². The van der Waals surface area contributed by atoms with Gasteiger partial charge in [0.25, 0.3) is 0 Å². The highest BCUT2D eigenvalue weighted by Crippen LogP contribution is 2.40. The van der Waals surface area contributed by atoms with Crippen LogP contribution in [0.1, 0.15) is 16.9 Å². The van der Waals surface area contributed by atoms with Gasteiger partial charge in [-0.1, -0.05) is 11.6 Å².